The molecule has 1 aliphatic rings. The van der Waals surface area contributed by atoms with Gasteiger partial charge < -0.3 is 4.18 Å². The zero-order valence-corrected chi connectivity index (χ0v) is 21.3. The number of benzene rings is 4. The Bertz CT molecular complexity index is 1830. The number of hydrogen-bond acceptors (Lipinski definition) is 6. The fraction of sp³-hybridized carbons (Fsp3) is 0.0741. The summed E-state index contributed by atoms with van der Waals surface area (Å²) in [5.74, 6) is -2.13. The van der Waals surface area contributed by atoms with E-state index in [4.69, 9.17) is 4.18 Å². The molecule has 1 heterocycles. The molecule has 10 heteroatoms. The number of hydrogen-bond donors (Lipinski definition) is 0. The predicted molar refractivity (Wildman–Crippen MR) is 136 cm³/mol. The van der Waals surface area contributed by atoms with Crippen molar-refractivity contribution in [3.8, 4) is 0 Å². The Balaban J connectivity index is 1.75. The normalized spacial score (nSPS) is 14.9. The number of sulfonamides is 1. The second kappa shape index (κ2) is 8.82. The zero-order chi connectivity index (χ0) is 26.5. The highest BCUT2D eigenvalue weighted by molar-refractivity contribution is 7.89. The van der Waals surface area contributed by atoms with Crippen molar-refractivity contribution in [3.63, 3.8) is 0 Å². The number of halogens is 1. The molecule has 37 heavy (non-hydrogen) atoms. The van der Waals surface area contributed by atoms with Gasteiger partial charge >= 0.3 is 10.1 Å². The number of ketones is 1. The number of fused-ring (bicyclic) bond motifs is 2. The first-order valence-corrected chi connectivity index (χ1v) is 13.9. The lowest BCUT2D eigenvalue weighted by Crippen LogP contribution is -2.36. The van der Waals surface area contributed by atoms with Crippen LogP contribution in [-0.2, 0) is 24.3 Å². The lowest BCUT2D eigenvalue weighted by molar-refractivity contribution is 0.101. The molecule has 0 N–H and O–H groups in total. The maximum Gasteiger partial charge on any atom is 0.339 e. The molecule has 0 fully saturated rings. The van der Waals surface area contributed by atoms with E-state index in [0.717, 1.165) is 41.6 Å². The van der Waals surface area contributed by atoms with Crippen molar-refractivity contribution in [3.05, 3.63) is 113 Å². The van der Waals surface area contributed by atoms with Gasteiger partial charge in [-0.2, -0.15) is 8.42 Å². The van der Waals surface area contributed by atoms with E-state index in [9.17, 15) is 26.0 Å². The van der Waals surface area contributed by atoms with E-state index >= 15 is 0 Å². The third-order valence-electron chi connectivity index (χ3n) is 6.09. The number of rotatable bonds is 5. The van der Waals surface area contributed by atoms with Crippen LogP contribution < -0.4 is 0 Å². The van der Waals surface area contributed by atoms with Crippen LogP contribution in [0.2, 0.25) is 0 Å². The molecule has 4 aromatic rings. The summed E-state index contributed by atoms with van der Waals surface area (Å²) in [4.78, 5) is 13.1. The van der Waals surface area contributed by atoms with Crippen molar-refractivity contribution in [2.75, 3.05) is 7.05 Å². The van der Waals surface area contributed by atoms with Crippen LogP contribution in [-0.4, -0.2) is 34.0 Å². The summed E-state index contributed by atoms with van der Waals surface area (Å²) in [5.41, 5.74) is 0.189. The summed E-state index contributed by atoms with van der Waals surface area (Å²) < 4.78 is 73.2. The molecule has 7 nitrogen and oxygen atoms in total. The molecule has 1 aliphatic heterocycles. The smallest absolute Gasteiger partial charge is 0.339 e. The second-order valence-corrected chi connectivity index (χ2v) is 12.0. The Kier molecular flexibility index (Phi) is 5.88. The number of carbonyl (C=O) groups excluding carboxylic acids is 1. The molecule has 0 aromatic heterocycles. The number of carbonyl (C=O) groups is 1. The lowest BCUT2D eigenvalue weighted by Gasteiger charge is -2.30. The summed E-state index contributed by atoms with van der Waals surface area (Å²) in [5, 5.41) is 1.59. The molecule has 0 aliphatic carbocycles. The van der Waals surface area contributed by atoms with Gasteiger partial charge in [-0.1, -0.05) is 54.1 Å². The Morgan fingerprint density at radius 1 is 0.892 bits per heavy atom. The maximum atomic E-state index is 14.1. The number of nitrogens with zero attached hydrogens (tertiary/aromatic N) is 1. The van der Waals surface area contributed by atoms with Gasteiger partial charge in [-0.05, 0) is 54.1 Å². The van der Waals surface area contributed by atoms with Crippen molar-refractivity contribution in [1.82, 2.24) is 4.31 Å². The molecule has 0 spiro atoms. The topological polar surface area (TPSA) is 97.8 Å². The van der Waals surface area contributed by atoms with E-state index in [2.05, 4.69) is 0 Å². The van der Waals surface area contributed by atoms with Crippen molar-refractivity contribution in [2.45, 2.75) is 16.7 Å². The number of Topliss-reactive ketones (excluding diaryl/α,β-unsaturated/α-hetero) is 1. The molecular formula is C27H20FNO6S2. The van der Waals surface area contributed by atoms with Gasteiger partial charge in [-0.25, -0.2) is 12.8 Å². The fourth-order valence-corrected chi connectivity index (χ4v) is 6.45. The second-order valence-electron chi connectivity index (χ2n) is 8.53. The average molecular weight is 538 g/mol. The first-order chi connectivity index (χ1) is 17.5. The standard InChI is InChI=1S/C27H20FNO6S2/c1-17-7-12-22(13-8-17)37(33,34)35-27-23-14-11-21(28)16-24(23)36(31,32)29(2)25(27)26(30)20-10-9-18-5-3-4-6-19(18)15-20/h3-16H,1-2H3. The van der Waals surface area contributed by atoms with Gasteiger partial charge in [-0.3, -0.25) is 9.10 Å². The van der Waals surface area contributed by atoms with Gasteiger partial charge in [0.05, 0.1) is 0 Å². The van der Waals surface area contributed by atoms with Crippen LogP contribution in [0.4, 0.5) is 4.39 Å². The van der Waals surface area contributed by atoms with Gasteiger partial charge in [0, 0.05) is 18.2 Å². The summed E-state index contributed by atoms with van der Waals surface area (Å²) in [6.07, 6.45) is 0. The number of likely N-dealkylation sites (N-methyl/N-ethyl adjacent to an activating group) is 1. The Hall–Kier alpha value is -4.02. The van der Waals surface area contributed by atoms with Gasteiger partial charge in [0.1, 0.15) is 21.3 Å². The first kappa shape index (κ1) is 24.7. The van der Waals surface area contributed by atoms with E-state index in [0.29, 0.717) is 4.31 Å². The molecule has 0 unspecified atom stereocenters. The summed E-state index contributed by atoms with van der Waals surface area (Å²) in [6, 6.07) is 20.7. The molecule has 5 rings (SSSR count). The lowest BCUT2D eigenvalue weighted by atomic mass is 10.0. The zero-order valence-electron chi connectivity index (χ0n) is 19.7. The monoisotopic (exact) mass is 537 g/mol. The highest BCUT2D eigenvalue weighted by atomic mass is 32.2. The highest BCUT2D eigenvalue weighted by Gasteiger charge is 2.41. The third-order valence-corrected chi connectivity index (χ3v) is 9.12. The number of allylic oxidation sites excluding steroid dienone is 1. The van der Waals surface area contributed by atoms with Crippen LogP contribution >= 0.6 is 0 Å². The summed E-state index contributed by atoms with van der Waals surface area (Å²) in [7, 11) is -7.81. The van der Waals surface area contributed by atoms with E-state index in [1.807, 2.05) is 12.1 Å². The van der Waals surface area contributed by atoms with Crippen LogP contribution in [0, 0.1) is 12.7 Å². The SMILES string of the molecule is Cc1ccc(S(=O)(=O)OC2=C(C(=O)c3ccc4ccccc4c3)N(C)S(=O)(=O)c3cc(F)ccc32)cc1. The Morgan fingerprint density at radius 3 is 2.27 bits per heavy atom. The molecule has 0 amide bonds. The van der Waals surface area contributed by atoms with Gasteiger partial charge in [0.15, 0.2) is 5.76 Å². The fourth-order valence-electron chi connectivity index (χ4n) is 4.10. The average Bonchev–Trinajstić information content (AvgIpc) is 2.87. The summed E-state index contributed by atoms with van der Waals surface area (Å²) >= 11 is 0. The minimum atomic E-state index is -4.50. The van der Waals surface area contributed by atoms with E-state index < -0.39 is 48.1 Å². The highest BCUT2D eigenvalue weighted by Crippen LogP contribution is 2.40. The van der Waals surface area contributed by atoms with Crippen molar-refractivity contribution in [2.24, 2.45) is 0 Å². The molecule has 4 aromatic carbocycles. The third kappa shape index (κ3) is 4.28. The predicted octanol–water partition coefficient (Wildman–Crippen LogP) is 4.88. The minimum absolute atomic E-state index is 0.121. The van der Waals surface area contributed by atoms with Crippen LogP contribution in [0.5, 0.6) is 0 Å². The Labute approximate surface area is 213 Å². The molecule has 0 bridgehead atoms. The molecule has 0 saturated carbocycles. The molecule has 0 saturated heterocycles. The van der Waals surface area contributed by atoms with E-state index in [1.54, 1.807) is 43.3 Å². The van der Waals surface area contributed by atoms with Crippen LogP contribution in [0.3, 0.4) is 0 Å². The quantitative estimate of drug-likeness (QED) is 0.266. The van der Waals surface area contributed by atoms with Gasteiger partial charge in [-0.15, -0.1) is 0 Å². The Morgan fingerprint density at radius 2 is 1.57 bits per heavy atom. The van der Waals surface area contributed by atoms with Crippen LogP contribution in [0.15, 0.2) is 100 Å². The molecule has 0 radical (unpaired) electrons. The largest absolute Gasteiger partial charge is 0.376 e. The van der Waals surface area contributed by atoms with Crippen molar-refractivity contribution >= 4 is 42.5 Å². The molecule has 188 valence electrons. The van der Waals surface area contributed by atoms with E-state index in [-0.39, 0.29) is 16.0 Å². The molecular weight excluding hydrogens is 517 g/mol. The minimum Gasteiger partial charge on any atom is -0.376 e. The molecule has 0 atom stereocenters. The number of aryl methyl sites for hydroxylation is 1. The summed E-state index contributed by atoms with van der Waals surface area (Å²) in [6.45, 7) is 1.78. The van der Waals surface area contributed by atoms with Crippen molar-refractivity contribution in [1.29, 1.82) is 0 Å². The van der Waals surface area contributed by atoms with Crippen LogP contribution in [0.25, 0.3) is 16.5 Å². The van der Waals surface area contributed by atoms with Gasteiger partial charge in [0.2, 0.25) is 5.78 Å². The van der Waals surface area contributed by atoms with Gasteiger partial charge in [0.25, 0.3) is 10.0 Å². The first-order valence-electron chi connectivity index (χ1n) is 11.1. The van der Waals surface area contributed by atoms with Crippen LogP contribution in [0.1, 0.15) is 21.5 Å². The van der Waals surface area contributed by atoms with E-state index in [1.165, 1.54) is 18.2 Å². The maximum absolute atomic E-state index is 14.1. The van der Waals surface area contributed by atoms with Crippen molar-refractivity contribution < 1.29 is 30.2 Å².